The highest BCUT2D eigenvalue weighted by atomic mass is 32.2. The lowest BCUT2D eigenvalue weighted by atomic mass is 10.1. The van der Waals surface area contributed by atoms with E-state index in [9.17, 15) is 9.59 Å². The van der Waals surface area contributed by atoms with Crippen LogP contribution < -0.4 is 5.32 Å². The van der Waals surface area contributed by atoms with Gasteiger partial charge in [-0.25, -0.2) is 0 Å². The SMILES string of the molecule is O=C1NCCSC1C(=O)c1ccccc1. The molecular formula is C11H11NO2S. The largest absolute Gasteiger partial charge is 0.354 e. The first-order chi connectivity index (χ1) is 7.29. The predicted octanol–water partition coefficient (Wildman–Crippen LogP) is 1.10. The zero-order valence-corrected chi connectivity index (χ0v) is 8.92. The van der Waals surface area contributed by atoms with E-state index in [1.807, 2.05) is 6.07 Å². The second kappa shape index (κ2) is 4.49. The minimum absolute atomic E-state index is 0.0993. The van der Waals surface area contributed by atoms with Crippen LogP contribution in [0.4, 0.5) is 0 Å². The fourth-order valence-electron chi connectivity index (χ4n) is 1.47. The molecule has 78 valence electrons. The maximum absolute atomic E-state index is 11.9. The maximum Gasteiger partial charge on any atom is 0.241 e. The van der Waals surface area contributed by atoms with E-state index in [1.165, 1.54) is 11.8 Å². The molecule has 0 radical (unpaired) electrons. The number of carbonyl (C=O) groups excluding carboxylic acids is 2. The van der Waals surface area contributed by atoms with Gasteiger partial charge < -0.3 is 5.32 Å². The molecule has 0 saturated carbocycles. The molecule has 0 bridgehead atoms. The summed E-state index contributed by atoms with van der Waals surface area (Å²) < 4.78 is 0. The molecule has 0 spiro atoms. The summed E-state index contributed by atoms with van der Waals surface area (Å²) in [6.07, 6.45) is 0. The Kier molecular flexibility index (Phi) is 3.06. The van der Waals surface area contributed by atoms with Crippen LogP contribution in [0, 0.1) is 0 Å². The Hall–Kier alpha value is -1.29. The highest BCUT2D eigenvalue weighted by Gasteiger charge is 2.30. The number of benzene rings is 1. The van der Waals surface area contributed by atoms with Crippen LogP contribution in [0.5, 0.6) is 0 Å². The van der Waals surface area contributed by atoms with Crippen molar-refractivity contribution in [1.82, 2.24) is 5.32 Å². The molecule has 2 rings (SSSR count). The third-order valence-corrected chi connectivity index (χ3v) is 3.42. The van der Waals surface area contributed by atoms with Crippen molar-refractivity contribution in [2.75, 3.05) is 12.3 Å². The first-order valence-electron chi connectivity index (χ1n) is 4.77. The fourth-order valence-corrected chi connectivity index (χ4v) is 2.45. The third kappa shape index (κ3) is 2.21. The molecule has 1 amide bonds. The molecule has 1 aliphatic rings. The summed E-state index contributed by atoms with van der Waals surface area (Å²) >= 11 is 1.41. The summed E-state index contributed by atoms with van der Waals surface area (Å²) in [5, 5.41) is 2.13. The maximum atomic E-state index is 11.9. The van der Waals surface area contributed by atoms with Gasteiger partial charge in [0.15, 0.2) is 5.78 Å². The van der Waals surface area contributed by atoms with E-state index in [1.54, 1.807) is 24.3 Å². The Morgan fingerprint density at radius 3 is 2.73 bits per heavy atom. The molecule has 1 aromatic carbocycles. The number of rotatable bonds is 2. The summed E-state index contributed by atoms with van der Waals surface area (Å²) in [6.45, 7) is 0.655. The van der Waals surface area contributed by atoms with Gasteiger partial charge in [0.05, 0.1) is 0 Å². The number of carbonyl (C=O) groups is 2. The monoisotopic (exact) mass is 221 g/mol. The van der Waals surface area contributed by atoms with E-state index in [0.29, 0.717) is 12.1 Å². The van der Waals surface area contributed by atoms with Gasteiger partial charge >= 0.3 is 0 Å². The first-order valence-corrected chi connectivity index (χ1v) is 5.82. The van der Waals surface area contributed by atoms with Gasteiger partial charge in [-0.05, 0) is 0 Å². The average Bonchev–Trinajstić information content (AvgIpc) is 2.30. The highest BCUT2D eigenvalue weighted by Crippen LogP contribution is 2.19. The van der Waals surface area contributed by atoms with Gasteiger partial charge in [0, 0.05) is 17.9 Å². The van der Waals surface area contributed by atoms with Gasteiger partial charge in [-0.3, -0.25) is 9.59 Å². The lowest BCUT2D eigenvalue weighted by molar-refractivity contribution is -0.119. The molecule has 1 aromatic rings. The van der Waals surface area contributed by atoms with E-state index < -0.39 is 5.25 Å². The molecule has 1 N–H and O–H groups in total. The van der Waals surface area contributed by atoms with Gasteiger partial charge in [-0.1, -0.05) is 30.3 Å². The van der Waals surface area contributed by atoms with Crippen molar-refractivity contribution in [1.29, 1.82) is 0 Å². The molecule has 0 aromatic heterocycles. The molecule has 3 nitrogen and oxygen atoms in total. The molecular weight excluding hydrogens is 210 g/mol. The number of nitrogens with one attached hydrogen (secondary N) is 1. The van der Waals surface area contributed by atoms with Crippen molar-refractivity contribution < 1.29 is 9.59 Å². The summed E-state index contributed by atoms with van der Waals surface area (Å²) in [4.78, 5) is 23.4. The number of thioether (sulfide) groups is 1. The van der Waals surface area contributed by atoms with Crippen LogP contribution in [-0.4, -0.2) is 29.2 Å². The van der Waals surface area contributed by atoms with Gasteiger partial charge in [-0.2, -0.15) is 0 Å². The number of hydrogen-bond acceptors (Lipinski definition) is 3. The Morgan fingerprint density at radius 1 is 1.33 bits per heavy atom. The lowest BCUT2D eigenvalue weighted by Gasteiger charge is -2.20. The van der Waals surface area contributed by atoms with E-state index in [-0.39, 0.29) is 11.7 Å². The van der Waals surface area contributed by atoms with Crippen molar-refractivity contribution >= 4 is 23.5 Å². The molecule has 15 heavy (non-hydrogen) atoms. The zero-order chi connectivity index (χ0) is 10.7. The Balaban J connectivity index is 2.17. The molecule has 1 fully saturated rings. The third-order valence-electron chi connectivity index (χ3n) is 2.22. The molecule has 1 saturated heterocycles. The summed E-state index contributed by atoms with van der Waals surface area (Å²) in [5.41, 5.74) is 0.604. The standard InChI is InChI=1S/C11H11NO2S/c13-9(8-4-2-1-3-5-8)10-11(14)12-6-7-15-10/h1-5,10H,6-7H2,(H,12,14). The van der Waals surface area contributed by atoms with Gasteiger partial charge in [0.2, 0.25) is 5.91 Å². The average molecular weight is 221 g/mol. The van der Waals surface area contributed by atoms with Gasteiger partial charge in [0.1, 0.15) is 5.25 Å². The van der Waals surface area contributed by atoms with E-state index in [4.69, 9.17) is 0 Å². The number of ketones is 1. The van der Waals surface area contributed by atoms with E-state index >= 15 is 0 Å². The Morgan fingerprint density at radius 2 is 2.07 bits per heavy atom. The van der Waals surface area contributed by atoms with Crippen molar-refractivity contribution in [2.45, 2.75) is 5.25 Å². The van der Waals surface area contributed by atoms with Crippen molar-refractivity contribution in [3.63, 3.8) is 0 Å². The van der Waals surface area contributed by atoms with Crippen molar-refractivity contribution in [3.8, 4) is 0 Å². The Bertz CT molecular complexity index is 377. The molecule has 4 heteroatoms. The van der Waals surface area contributed by atoms with Crippen molar-refractivity contribution in [3.05, 3.63) is 35.9 Å². The number of hydrogen-bond donors (Lipinski definition) is 1. The van der Waals surface area contributed by atoms with Crippen LogP contribution in [0.25, 0.3) is 0 Å². The topological polar surface area (TPSA) is 46.2 Å². The van der Waals surface area contributed by atoms with Crippen LogP contribution in [0.15, 0.2) is 30.3 Å². The molecule has 1 heterocycles. The van der Waals surface area contributed by atoms with E-state index in [0.717, 1.165) is 5.75 Å². The summed E-state index contributed by atoms with van der Waals surface area (Å²) in [5.74, 6) is 0.535. The minimum atomic E-state index is -0.568. The molecule has 1 atom stereocenters. The predicted molar refractivity (Wildman–Crippen MR) is 60.0 cm³/mol. The molecule has 0 aliphatic carbocycles. The molecule has 1 aliphatic heterocycles. The molecule has 1 unspecified atom stereocenters. The highest BCUT2D eigenvalue weighted by molar-refractivity contribution is 8.01. The van der Waals surface area contributed by atoms with Crippen LogP contribution in [0.1, 0.15) is 10.4 Å². The van der Waals surface area contributed by atoms with E-state index in [2.05, 4.69) is 5.32 Å². The Labute approximate surface area is 92.2 Å². The number of Topliss-reactive ketones (excluding diaryl/α,β-unsaturated/α-hetero) is 1. The summed E-state index contributed by atoms with van der Waals surface area (Å²) in [7, 11) is 0. The van der Waals surface area contributed by atoms with Crippen LogP contribution in [0.3, 0.4) is 0 Å². The zero-order valence-electron chi connectivity index (χ0n) is 8.10. The normalized spacial score (nSPS) is 20.8. The lowest BCUT2D eigenvalue weighted by Crippen LogP contribution is -2.43. The van der Waals surface area contributed by atoms with Gasteiger partial charge in [-0.15, -0.1) is 11.8 Å². The smallest absolute Gasteiger partial charge is 0.241 e. The van der Waals surface area contributed by atoms with Crippen LogP contribution in [-0.2, 0) is 4.79 Å². The number of amides is 1. The second-order valence-electron chi connectivity index (χ2n) is 3.27. The van der Waals surface area contributed by atoms with Crippen molar-refractivity contribution in [2.24, 2.45) is 0 Å². The fraction of sp³-hybridized carbons (Fsp3) is 0.273. The van der Waals surface area contributed by atoms with Gasteiger partial charge in [0.25, 0.3) is 0 Å². The first kappa shape index (κ1) is 10.2. The minimum Gasteiger partial charge on any atom is -0.354 e. The van der Waals surface area contributed by atoms with Crippen LogP contribution in [0.2, 0.25) is 0 Å². The van der Waals surface area contributed by atoms with Crippen LogP contribution >= 0.6 is 11.8 Å². The quantitative estimate of drug-likeness (QED) is 0.601. The second-order valence-corrected chi connectivity index (χ2v) is 4.49. The summed E-state index contributed by atoms with van der Waals surface area (Å²) in [6, 6.07) is 8.94.